The fourth-order valence-electron chi connectivity index (χ4n) is 1.69. The van der Waals surface area contributed by atoms with Gasteiger partial charge >= 0.3 is 5.97 Å². The van der Waals surface area contributed by atoms with Crippen LogP contribution in [0.3, 0.4) is 0 Å². The fraction of sp³-hybridized carbons (Fsp3) is 0.429. The zero-order valence-corrected chi connectivity index (χ0v) is 12.0. The van der Waals surface area contributed by atoms with E-state index in [0.29, 0.717) is 30.2 Å². The van der Waals surface area contributed by atoms with Gasteiger partial charge in [0.1, 0.15) is 0 Å². The zero-order valence-electron chi connectivity index (χ0n) is 11.3. The number of rotatable bonds is 8. The van der Waals surface area contributed by atoms with Gasteiger partial charge in [-0.2, -0.15) is 0 Å². The molecular weight excluding hydrogens is 282 g/mol. The highest BCUT2D eigenvalue weighted by Gasteiger charge is 2.23. The van der Waals surface area contributed by atoms with Crippen LogP contribution in [0.1, 0.15) is 31.4 Å². The van der Waals surface area contributed by atoms with Gasteiger partial charge in [-0.05, 0) is 19.4 Å². The number of nitrogens with one attached hydrogen (secondary N) is 1. The van der Waals surface area contributed by atoms with Crippen molar-refractivity contribution in [2.24, 2.45) is 0 Å². The molecule has 20 heavy (non-hydrogen) atoms. The number of halogens is 1. The van der Waals surface area contributed by atoms with E-state index in [9.17, 15) is 14.7 Å². The average Bonchev–Trinajstić information content (AvgIpc) is 2.42. The lowest BCUT2D eigenvalue weighted by molar-refractivity contribution is -0.142. The molecule has 1 rings (SSSR count). The molecule has 0 bridgehead atoms. The predicted octanol–water partition coefficient (Wildman–Crippen LogP) is 2.40. The molecule has 0 radical (unpaired) electrons. The maximum Gasteiger partial charge on any atom is 0.330 e. The van der Waals surface area contributed by atoms with Crippen LogP contribution in [0.5, 0.6) is 0 Å². The van der Waals surface area contributed by atoms with Crippen molar-refractivity contribution in [2.75, 3.05) is 13.2 Å². The van der Waals surface area contributed by atoms with Crippen molar-refractivity contribution < 1.29 is 19.4 Å². The number of carboxylic acid groups (broad SMARTS) is 1. The summed E-state index contributed by atoms with van der Waals surface area (Å²) in [6.45, 7) is 2.95. The Kier molecular flexibility index (Phi) is 7.04. The second-order valence-electron chi connectivity index (χ2n) is 4.16. The Bertz CT molecular complexity index is 464. The first-order valence-corrected chi connectivity index (χ1v) is 6.78. The van der Waals surface area contributed by atoms with Crippen molar-refractivity contribution in [3.05, 3.63) is 34.9 Å². The van der Waals surface area contributed by atoms with E-state index in [1.165, 1.54) is 0 Å². The lowest BCUT2D eigenvalue weighted by atomic mass is 10.1. The number of ether oxygens (including phenoxy) is 1. The maximum absolute atomic E-state index is 11.7. The summed E-state index contributed by atoms with van der Waals surface area (Å²) >= 11 is 5.96. The summed E-state index contributed by atoms with van der Waals surface area (Å²) in [4.78, 5) is 23.0. The average molecular weight is 300 g/mol. The Balaban J connectivity index is 2.62. The lowest BCUT2D eigenvalue weighted by Crippen LogP contribution is -2.33. The number of hydrogen-bond donors (Lipinski definition) is 2. The van der Waals surface area contributed by atoms with Crippen LogP contribution < -0.4 is 5.32 Å². The molecular formula is C14H18ClNO4. The smallest absolute Gasteiger partial charge is 0.330 e. The van der Waals surface area contributed by atoms with Crippen LogP contribution in [0.15, 0.2) is 24.3 Å². The summed E-state index contributed by atoms with van der Waals surface area (Å²) in [6, 6.07) is 5.42. The van der Waals surface area contributed by atoms with Gasteiger partial charge in [0.05, 0.1) is 0 Å². The molecule has 110 valence electrons. The second-order valence-corrected chi connectivity index (χ2v) is 4.57. The first-order valence-electron chi connectivity index (χ1n) is 6.40. The quantitative estimate of drug-likeness (QED) is 0.723. The first-order chi connectivity index (χ1) is 9.56. The molecule has 0 unspecified atom stereocenters. The van der Waals surface area contributed by atoms with E-state index in [-0.39, 0.29) is 12.3 Å². The van der Waals surface area contributed by atoms with Gasteiger partial charge in [-0.1, -0.05) is 29.8 Å². The molecule has 0 fully saturated rings. The standard InChI is InChI=1S/C14H18ClNO4/c1-2-20-9-5-8-12(17)16-13(14(18)19)10-6-3-4-7-11(10)15/h3-4,6-7,13H,2,5,8-9H2,1H3,(H,16,17)(H,18,19)/t13-/m1/s1. The zero-order chi connectivity index (χ0) is 15.0. The van der Waals surface area contributed by atoms with Gasteiger partial charge in [-0.25, -0.2) is 4.79 Å². The summed E-state index contributed by atoms with van der Waals surface area (Å²) in [7, 11) is 0. The summed E-state index contributed by atoms with van der Waals surface area (Å²) < 4.78 is 5.12. The monoisotopic (exact) mass is 299 g/mol. The molecule has 0 saturated heterocycles. The number of aliphatic carboxylic acids is 1. The molecule has 0 aliphatic heterocycles. The van der Waals surface area contributed by atoms with E-state index in [1.807, 2.05) is 6.92 Å². The first kappa shape index (κ1) is 16.5. The van der Waals surface area contributed by atoms with E-state index in [4.69, 9.17) is 16.3 Å². The highest BCUT2D eigenvalue weighted by atomic mass is 35.5. The molecule has 1 amide bonds. The molecule has 2 N–H and O–H groups in total. The molecule has 1 atom stereocenters. The van der Waals surface area contributed by atoms with Gasteiger partial charge in [0.2, 0.25) is 5.91 Å². The van der Waals surface area contributed by atoms with Gasteiger partial charge in [-0.3, -0.25) is 4.79 Å². The fourth-order valence-corrected chi connectivity index (χ4v) is 1.94. The van der Waals surface area contributed by atoms with E-state index >= 15 is 0 Å². The van der Waals surface area contributed by atoms with Crippen molar-refractivity contribution in [1.29, 1.82) is 0 Å². The van der Waals surface area contributed by atoms with E-state index in [1.54, 1.807) is 24.3 Å². The van der Waals surface area contributed by atoms with E-state index < -0.39 is 12.0 Å². The van der Waals surface area contributed by atoms with Crippen LogP contribution in [0.4, 0.5) is 0 Å². The van der Waals surface area contributed by atoms with Crippen molar-refractivity contribution in [3.8, 4) is 0 Å². The summed E-state index contributed by atoms with van der Waals surface area (Å²) in [6.07, 6.45) is 0.767. The summed E-state index contributed by atoms with van der Waals surface area (Å²) in [5.41, 5.74) is 0.375. The minimum atomic E-state index is -1.14. The number of amides is 1. The number of benzene rings is 1. The predicted molar refractivity (Wildman–Crippen MR) is 75.7 cm³/mol. The number of carbonyl (C=O) groups excluding carboxylic acids is 1. The Hall–Kier alpha value is -1.59. The van der Waals surface area contributed by atoms with Gasteiger partial charge in [0, 0.05) is 30.2 Å². The van der Waals surface area contributed by atoms with E-state index in [0.717, 1.165) is 0 Å². The molecule has 1 aromatic carbocycles. The molecule has 6 heteroatoms. The molecule has 0 aromatic heterocycles. The lowest BCUT2D eigenvalue weighted by Gasteiger charge is -2.16. The summed E-state index contributed by atoms with van der Waals surface area (Å²) in [5.74, 6) is -1.48. The highest BCUT2D eigenvalue weighted by Crippen LogP contribution is 2.23. The van der Waals surface area contributed by atoms with Crippen molar-refractivity contribution >= 4 is 23.5 Å². The van der Waals surface area contributed by atoms with Gasteiger partial charge in [0.15, 0.2) is 6.04 Å². The minimum Gasteiger partial charge on any atom is -0.479 e. The molecule has 5 nitrogen and oxygen atoms in total. The molecule has 0 heterocycles. The minimum absolute atomic E-state index is 0.217. The topological polar surface area (TPSA) is 75.6 Å². The normalized spacial score (nSPS) is 11.9. The Morgan fingerprint density at radius 3 is 2.70 bits per heavy atom. The second kappa shape index (κ2) is 8.55. The van der Waals surface area contributed by atoms with Crippen LogP contribution in [0.2, 0.25) is 5.02 Å². The van der Waals surface area contributed by atoms with Crippen molar-refractivity contribution in [1.82, 2.24) is 5.32 Å². The van der Waals surface area contributed by atoms with Crippen LogP contribution >= 0.6 is 11.6 Å². The van der Waals surface area contributed by atoms with Crippen molar-refractivity contribution in [3.63, 3.8) is 0 Å². The third kappa shape index (κ3) is 5.19. The van der Waals surface area contributed by atoms with Crippen LogP contribution in [-0.2, 0) is 14.3 Å². The van der Waals surface area contributed by atoms with Gasteiger partial charge < -0.3 is 15.2 Å². The number of hydrogen-bond acceptors (Lipinski definition) is 3. The third-order valence-electron chi connectivity index (χ3n) is 2.67. The molecule has 0 aliphatic carbocycles. The van der Waals surface area contributed by atoms with Crippen LogP contribution in [0, 0.1) is 0 Å². The van der Waals surface area contributed by atoms with Crippen LogP contribution in [-0.4, -0.2) is 30.2 Å². The third-order valence-corrected chi connectivity index (χ3v) is 3.01. The number of carboxylic acids is 1. The molecule has 0 aliphatic rings. The number of carbonyl (C=O) groups is 2. The maximum atomic E-state index is 11.7. The molecule has 1 aromatic rings. The molecule has 0 spiro atoms. The Labute approximate surface area is 122 Å². The van der Waals surface area contributed by atoms with E-state index in [2.05, 4.69) is 5.32 Å². The van der Waals surface area contributed by atoms with Gasteiger partial charge in [-0.15, -0.1) is 0 Å². The Morgan fingerprint density at radius 1 is 1.40 bits per heavy atom. The molecule has 0 saturated carbocycles. The van der Waals surface area contributed by atoms with Gasteiger partial charge in [0.25, 0.3) is 0 Å². The largest absolute Gasteiger partial charge is 0.479 e. The summed E-state index contributed by atoms with van der Waals surface area (Å²) in [5, 5.41) is 12.0. The highest BCUT2D eigenvalue weighted by molar-refractivity contribution is 6.31. The Morgan fingerprint density at radius 2 is 2.10 bits per heavy atom. The van der Waals surface area contributed by atoms with Crippen molar-refractivity contribution in [2.45, 2.75) is 25.8 Å². The van der Waals surface area contributed by atoms with Crippen LogP contribution in [0.25, 0.3) is 0 Å². The SMILES string of the molecule is CCOCCCC(=O)N[C@@H](C(=O)O)c1ccccc1Cl.